The third-order valence-corrected chi connectivity index (χ3v) is 5.22. The Bertz CT molecular complexity index is 372. The van der Waals surface area contributed by atoms with Crippen LogP contribution in [-0.2, 0) is 4.74 Å². The predicted octanol–water partition coefficient (Wildman–Crippen LogP) is 3.31. The highest BCUT2D eigenvalue weighted by molar-refractivity contribution is 7.10. The zero-order valence-corrected chi connectivity index (χ0v) is 11.3. The molecule has 2 atom stereocenters. The fourth-order valence-electron chi connectivity index (χ4n) is 2.94. The van der Waals surface area contributed by atoms with E-state index in [1.807, 2.05) is 11.3 Å². The van der Waals surface area contributed by atoms with Crippen molar-refractivity contribution in [3.63, 3.8) is 0 Å². The van der Waals surface area contributed by atoms with E-state index in [-0.39, 0.29) is 0 Å². The van der Waals surface area contributed by atoms with Crippen molar-refractivity contribution in [1.82, 2.24) is 5.32 Å². The molecule has 0 bridgehead atoms. The molecule has 2 aliphatic rings. The molecule has 94 valence electrons. The van der Waals surface area contributed by atoms with Gasteiger partial charge in [-0.05, 0) is 42.3 Å². The van der Waals surface area contributed by atoms with Crippen LogP contribution >= 0.6 is 11.3 Å². The maximum atomic E-state index is 6.08. The van der Waals surface area contributed by atoms with Gasteiger partial charge in [-0.25, -0.2) is 0 Å². The molecule has 1 fully saturated rings. The summed E-state index contributed by atoms with van der Waals surface area (Å²) in [6, 6.07) is 2.34. The minimum atomic E-state index is 0.293. The van der Waals surface area contributed by atoms with Gasteiger partial charge in [-0.1, -0.05) is 13.3 Å². The minimum absolute atomic E-state index is 0.293. The molecule has 0 radical (unpaired) electrons. The van der Waals surface area contributed by atoms with Crippen LogP contribution in [0, 0.1) is 5.92 Å². The van der Waals surface area contributed by atoms with E-state index in [0.717, 1.165) is 25.6 Å². The molecule has 2 nitrogen and oxygen atoms in total. The summed E-state index contributed by atoms with van der Waals surface area (Å²) in [6.45, 7) is 5.06. The highest BCUT2D eigenvalue weighted by Gasteiger charge is 2.35. The van der Waals surface area contributed by atoms with E-state index >= 15 is 0 Å². The highest BCUT2D eigenvalue weighted by Crippen LogP contribution is 2.46. The zero-order valence-electron chi connectivity index (χ0n) is 10.4. The van der Waals surface area contributed by atoms with Gasteiger partial charge in [0.2, 0.25) is 0 Å². The highest BCUT2D eigenvalue weighted by atomic mass is 32.1. The van der Waals surface area contributed by atoms with Gasteiger partial charge in [0.1, 0.15) is 6.10 Å². The second-order valence-corrected chi connectivity index (χ2v) is 6.12. The van der Waals surface area contributed by atoms with Crippen molar-refractivity contribution < 1.29 is 4.74 Å². The van der Waals surface area contributed by atoms with E-state index in [1.54, 1.807) is 5.56 Å². The summed E-state index contributed by atoms with van der Waals surface area (Å²) in [7, 11) is 0. The number of nitrogens with one attached hydrogen (secondary N) is 1. The standard InChI is InChI=1S/C14H21NOS/c1-2-15-8-13-14-11(6-7-17-14)12(9-16-13)10-4-3-5-10/h6-7,10,12-13,15H,2-5,8-9H2,1H3. The van der Waals surface area contributed by atoms with Gasteiger partial charge >= 0.3 is 0 Å². The number of hydrogen-bond acceptors (Lipinski definition) is 3. The lowest BCUT2D eigenvalue weighted by Crippen LogP contribution is -2.32. The van der Waals surface area contributed by atoms with Crippen molar-refractivity contribution in [3.05, 3.63) is 21.9 Å². The van der Waals surface area contributed by atoms with E-state index in [0.29, 0.717) is 12.0 Å². The molecule has 3 heteroatoms. The van der Waals surface area contributed by atoms with Gasteiger partial charge in [-0.3, -0.25) is 0 Å². The van der Waals surface area contributed by atoms with E-state index < -0.39 is 0 Å². The Morgan fingerprint density at radius 1 is 1.47 bits per heavy atom. The fourth-order valence-corrected chi connectivity index (χ4v) is 3.96. The number of ether oxygens (including phenoxy) is 1. The molecule has 1 aromatic rings. The monoisotopic (exact) mass is 251 g/mol. The van der Waals surface area contributed by atoms with Crippen LogP contribution in [0.1, 0.15) is 48.6 Å². The Morgan fingerprint density at radius 3 is 3.06 bits per heavy atom. The topological polar surface area (TPSA) is 21.3 Å². The van der Waals surface area contributed by atoms with Gasteiger partial charge in [-0.2, -0.15) is 0 Å². The third kappa shape index (κ3) is 2.16. The van der Waals surface area contributed by atoms with E-state index in [9.17, 15) is 0 Å². The number of rotatable bonds is 4. The Balaban J connectivity index is 1.76. The van der Waals surface area contributed by atoms with Crippen LogP contribution in [0.15, 0.2) is 11.4 Å². The second-order valence-electron chi connectivity index (χ2n) is 5.17. The first-order valence-corrected chi connectivity index (χ1v) is 7.67. The molecule has 2 unspecified atom stereocenters. The predicted molar refractivity (Wildman–Crippen MR) is 71.6 cm³/mol. The van der Waals surface area contributed by atoms with E-state index in [2.05, 4.69) is 23.7 Å². The zero-order chi connectivity index (χ0) is 11.7. The van der Waals surface area contributed by atoms with Crippen molar-refractivity contribution in [2.45, 2.75) is 38.2 Å². The Hall–Kier alpha value is -0.380. The average Bonchev–Trinajstić information content (AvgIpc) is 2.75. The second kappa shape index (κ2) is 5.09. The molecule has 1 N–H and O–H groups in total. The first-order valence-electron chi connectivity index (χ1n) is 6.79. The Labute approximate surface area is 107 Å². The quantitative estimate of drug-likeness (QED) is 0.886. The molecule has 1 aromatic heterocycles. The summed E-state index contributed by atoms with van der Waals surface area (Å²) in [4.78, 5) is 1.48. The lowest BCUT2D eigenvalue weighted by molar-refractivity contribution is 0.0108. The average molecular weight is 251 g/mol. The van der Waals surface area contributed by atoms with E-state index in [1.165, 1.54) is 24.1 Å². The molecule has 3 rings (SSSR count). The number of likely N-dealkylation sites (N-methyl/N-ethyl adjacent to an activating group) is 1. The Morgan fingerprint density at radius 2 is 2.35 bits per heavy atom. The molecular formula is C14H21NOS. The van der Waals surface area contributed by atoms with Crippen molar-refractivity contribution in [3.8, 4) is 0 Å². The largest absolute Gasteiger partial charge is 0.371 e. The molecule has 2 heterocycles. The summed E-state index contributed by atoms with van der Waals surface area (Å²) in [5.74, 6) is 1.58. The van der Waals surface area contributed by atoms with Crippen LogP contribution in [0.25, 0.3) is 0 Å². The van der Waals surface area contributed by atoms with Crippen LogP contribution in [0.5, 0.6) is 0 Å². The number of hydrogen-bond donors (Lipinski definition) is 1. The summed E-state index contributed by atoms with van der Waals surface area (Å²) < 4.78 is 6.08. The van der Waals surface area contributed by atoms with Gasteiger partial charge in [0.05, 0.1) is 6.61 Å². The van der Waals surface area contributed by atoms with Crippen LogP contribution in [0.2, 0.25) is 0 Å². The molecule has 0 aromatic carbocycles. The Kier molecular flexibility index (Phi) is 3.50. The van der Waals surface area contributed by atoms with Crippen molar-refractivity contribution in [1.29, 1.82) is 0 Å². The fraction of sp³-hybridized carbons (Fsp3) is 0.714. The summed E-state index contributed by atoms with van der Waals surface area (Å²) in [6.07, 6.45) is 4.52. The van der Waals surface area contributed by atoms with Gasteiger partial charge in [0.25, 0.3) is 0 Å². The number of thiophene rings is 1. The first kappa shape index (κ1) is 11.7. The van der Waals surface area contributed by atoms with Gasteiger partial charge in [0, 0.05) is 17.3 Å². The van der Waals surface area contributed by atoms with Crippen LogP contribution in [-0.4, -0.2) is 19.7 Å². The summed E-state index contributed by atoms with van der Waals surface area (Å²) in [5, 5.41) is 5.64. The smallest absolute Gasteiger partial charge is 0.104 e. The van der Waals surface area contributed by atoms with Crippen LogP contribution in [0.4, 0.5) is 0 Å². The lowest BCUT2D eigenvalue weighted by Gasteiger charge is -2.38. The molecule has 0 spiro atoms. The summed E-state index contributed by atoms with van der Waals surface area (Å²) >= 11 is 1.87. The van der Waals surface area contributed by atoms with Gasteiger partial charge < -0.3 is 10.1 Å². The molecule has 1 aliphatic carbocycles. The lowest BCUT2D eigenvalue weighted by atomic mass is 9.72. The SMILES string of the molecule is CCNCC1OCC(C2CCC2)c2ccsc21. The van der Waals surface area contributed by atoms with Crippen LogP contribution < -0.4 is 5.32 Å². The third-order valence-electron chi connectivity index (χ3n) is 4.19. The maximum absolute atomic E-state index is 6.08. The molecule has 1 aliphatic heterocycles. The van der Waals surface area contributed by atoms with Crippen molar-refractivity contribution in [2.75, 3.05) is 19.7 Å². The maximum Gasteiger partial charge on any atom is 0.104 e. The first-order chi connectivity index (χ1) is 8.40. The minimum Gasteiger partial charge on any atom is -0.371 e. The molecule has 1 saturated carbocycles. The van der Waals surface area contributed by atoms with Crippen molar-refractivity contribution in [2.24, 2.45) is 5.92 Å². The van der Waals surface area contributed by atoms with Crippen molar-refractivity contribution >= 4 is 11.3 Å². The normalized spacial score (nSPS) is 28.8. The van der Waals surface area contributed by atoms with Gasteiger partial charge in [-0.15, -0.1) is 11.3 Å². The molecule has 0 saturated heterocycles. The summed E-state index contributed by atoms with van der Waals surface area (Å²) in [5.41, 5.74) is 1.59. The molecule has 0 amide bonds. The van der Waals surface area contributed by atoms with Crippen LogP contribution in [0.3, 0.4) is 0 Å². The van der Waals surface area contributed by atoms with E-state index in [4.69, 9.17) is 4.74 Å². The van der Waals surface area contributed by atoms with Gasteiger partial charge in [0.15, 0.2) is 0 Å². The number of fused-ring (bicyclic) bond motifs is 1. The molecular weight excluding hydrogens is 230 g/mol. The molecule has 17 heavy (non-hydrogen) atoms.